The number of nitro benzene ring substituents is 1. The number of carbonyl (C=O) groups is 3. The molecule has 0 saturated carbocycles. The summed E-state index contributed by atoms with van der Waals surface area (Å²) in [5, 5.41) is 14.8. The minimum Gasteiger partial charge on any atom is -0.497 e. The van der Waals surface area contributed by atoms with Crippen LogP contribution in [-0.4, -0.2) is 54.9 Å². The molecule has 5 rings (SSSR count). The summed E-state index contributed by atoms with van der Waals surface area (Å²) >= 11 is 11.9. The third-order valence-electron chi connectivity index (χ3n) is 8.22. The van der Waals surface area contributed by atoms with Gasteiger partial charge in [-0.25, -0.2) is 13.1 Å². The maximum absolute atomic E-state index is 13.8. The molecule has 0 unspecified atom stereocenters. The Labute approximate surface area is 315 Å². The summed E-state index contributed by atoms with van der Waals surface area (Å²) in [5.41, 5.74) is 1.68. The molecule has 1 atom stereocenters. The molecule has 0 bridgehead atoms. The summed E-state index contributed by atoms with van der Waals surface area (Å²) in [5.74, 6) is -1.08. The zero-order chi connectivity index (χ0) is 38.6. The van der Waals surface area contributed by atoms with Crippen LogP contribution in [-0.2, 0) is 32.5 Å². The molecule has 5 aromatic rings. The smallest absolute Gasteiger partial charge is 0.289 e. The lowest BCUT2D eigenvalue weighted by Crippen LogP contribution is -2.50. The summed E-state index contributed by atoms with van der Waals surface area (Å²) in [4.78, 5) is 51.3. The van der Waals surface area contributed by atoms with Crippen molar-refractivity contribution in [3.8, 4) is 11.5 Å². The lowest BCUT2D eigenvalue weighted by atomic mass is 10.0. The summed E-state index contributed by atoms with van der Waals surface area (Å²) < 4.78 is 41.1. The molecule has 0 radical (unpaired) electrons. The van der Waals surface area contributed by atoms with Crippen molar-refractivity contribution in [2.24, 2.45) is 0 Å². The van der Waals surface area contributed by atoms with Crippen LogP contribution in [0, 0.1) is 17.0 Å². The molecular weight excluding hydrogens is 747 g/mol. The van der Waals surface area contributed by atoms with Crippen LogP contribution in [0.1, 0.15) is 41.0 Å². The van der Waals surface area contributed by atoms with Crippen LogP contribution >= 0.6 is 23.2 Å². The molecular formula is C37H34Cl2N4O9S. The third kappa shape index (κ3) is 8.96. The number of ether oxygens (including phenoxy) is 2. The minimum atomic E-state index is -4.66. The number of nitro groups is 1. The molecule has 13 nitrogen and oxygen atoms in total. The summed E-state index contributed by atoms with van der Waals surface area (Å²) in [6.45, 7) is 5.41. The van der Waals surface area contributed by atoms with Crippen molar-refractivity contribution in [3.63, 3.8) is 0 Å². The maximum Gasteiger partial charge on any atom is 0.289 e. The van der Waals surface area contributed by atoms with Crippen LogP contribution in [0.25, 0.3) is 10.9 Å². The highest BCUT2D eigenvalue weighted by Gasteiger charge is 2.29. The molecule has 53 heavy (non-hydrogen) atoms. The highest BCUT2D eigenvalue weighted by Crippen LogP contribution is 2.31. The molecule has 0 aliphatic heterocycles. The molecule has 0 aliphatic rings. The summed E-state index contributed by atoms with van der Waals surface area (Å²) in [6.07, 6.45) is -0.542. The lowest BCUT2D eigenvalue weighted by molar-refractivity contribution is -0.384. The normalized spacial score (nSPS) is 12.0. The summed E-state index contributed by atoms with van der Waals surface area (Å²) in [6, 6.07) is 19.5. The van der Waals surface area contributed by atoms with Gasteiger partial charge >= 0.3 is 0 Å². The topological polar surface area (TPSA) is 176 Å². The molecule has 0 saturated heterocycles. The van der Waals surface area contributed by atoms with Gasteiger partial charge in [0.2, 0.25) is 5.91 Å². The van der Waals surface area contributed by atoms with Gasteiger partial charge in [0, 0.05) is 34.2 Å². The van der Waals surface area contributed by atoms with Gasteiger partial charge in [-0.15, -0.1) is 0 Å². The summed E-state index contributed by atoms with van der Waals surface area (Å²) in [7, 11) is -3.18. The number of hydrogen-bond acceptors (Lipinski definition) is 9. The number of carbonyl (C=O) groups excluding carboxylic acids is 3. The zero-order valence-corrected chi connectivity index (χ0v) is 31.2. The molecule has 4 aromatic carbocycles. The number of nitrogens with zero attached hydrogens (tertiary/aromatic N) is 2. The molecule has 0 fully saturated rings. The van der Waals surface area contributed by atoms with E-state index in [9.17, 15) is 32.9 Å². The van der Waals surface area contributed by atoms with Gasteiger partial charge in [-0.1, -0.05) is 35.3 Å². The number of methoxy groups -OCH3 is 1. The Morgan fingerprint density at radius 2 is 1.58 bits per heavy atom. The molecule has 2 N–H and O–H groups in total. The molecule has 0 spiro atoms. The predicted molar refractivity (Wildman–Crippen MR) is 199 cm³/mol. The van der Waals surface area contributed by atoms with Gasteiger partial charge in [-0.05, 0) is 98.6 Å². The van der Waals surface area contributed by atoms with Crippen LogP contribution in [0.4, 0.5) is 5.69 Å². The average molecular weight is 782 g/mol. The van der Waals surface area contributed by atoms with Gasteiger partial charge in [0.25, 0.3) is 27.5 Å². The number of aromatic nitrogens is 1. The van der Waals surface area contributed by atoms with E-state index in [-0.39, 0.29) is 29.9 Å². The zero-order valence-electron chi connectivity index (χ0n) is 28.9. The number of halogens is 2. The van der Waals surface area contributed by atoms with Gasteiger partial charge in [-0.2, -0.15) is 0 Å². The number of fused-ring (bicyclic) bond motifs is 1. The van der Waals surface area contributed by atoms with Crippen molar-refractivity contribution in [1.82, 2.24) is 14.6 Å². The van der Waals surface area contributed by atoms with E-state index >= 15 is 0 Å². The largest absolute Gasteiger partial charge is 0.497 e. The Morgan fingerprint density at radius 1 is 0.925 bits per heavy atom. The first-order valence-corrected chi connectivity index (χ1v) is 18.4. The Balaban J connectivity index is 1.48. The van der Waals surface area contributed by atoms with Crippen LogP contribution in [0.3, 0.4) is 0 Å². The van der Waals surface area contributed by atoms with Crippen LogP contribution in [0.15, 0.2) is 89.8 Å². The average Bonchev–Trinajstić information content (AvgIpc) is 3.37. The van der Waals surface area contributed by atoms with E-state index in [1.165, 1.54) is 11.7 Å². The van der Waals surface area contributed by atoms with E-state index in [1.807, 2.05) is 18.6 Å². The fourth-order valence-corrected chi connectivity index (χ4v) is 7.04. The molecule has 0 aliphatic carbocycles. The van der Waals surface area contributed by atoms with Crippen molar-refractivity contribution >= 4 is 67.5 Å². The SMILES string of the molecule is COc1ccc2c(c1)c(CC(=O)N[C@@H](Cc1ccc(OC(C)C)cc1)C(=O)NS(=O)(=O)c1ccc(Cl)c([N+](=O)[O-])c1)c(C)n2C(=O)c1ccc(Cl)cc1. The van der Waals surface area contributed by atoms with Crippen molar-refractivity contribution in [2.45, 2.75) is 50.7 Å². The lowest BCUT2D eigenvalue weighted by Gasteiger charge is -2.19. The Hall–Kier alpha value is -5.44. The van der Waals surface area contributed by atoms with Gasteiger partial charge in [0.15, 0.2) is 0 Å². The predicted octanol–water partition coefficient (Wildman–Crippen LogP) is 6.42. The van der Waals surface area contributed by atoms with E-state index in [0.717, 1.165) is 18.2 Å². The Bertz CT molecular complexity index is 2330. The van der Waals surface area contributed by atoms with Gasteiger partial charge < -0.3 is 14.8 Å². The van der Waals surface area contributed by atoms with Gasteiger partial charge in [0.1, 0.15) is 22.6 Å². The number of amides is 2. The fraction of sp³-hybridized carbons (Fsp3) is 0.216. The fourth-order valence-electron chi connectivity index (χ4n) is 5.68. The van der Waals surface area contributed by atoms with E-state index in [2.05, 4.69) is 5.32 Å². The van der Waals surface area contributed by atoms with Crippen molar-refractivity contribution < 1.29 is 37.2 Å². The van der Waals surface area contributed by atoms with Crippen LogP contribution in [0.5, 0.6) is 11.5 Å². The van der Waals surface area contributed by atoms with Gasteiger partial charge in [0.05, 0.1) is 35.0 Å². The second kappa shape index (κ2) is 16.1. The van der Waals surface area contributed by atoms with Crippen molar-refractivity contribution in [2.75, 3.05) is 7.11 Å². The van der Waals surface area contributed by atoms with E-state index in [1.54, 1.807) is 73.7 Å². The molecule has 1 aromatic heterocycles. The molecule has 1 heterocycles. The number of sulfonamides is 1. The first-order valence-electron chi connectivity index (χ1n) is 16.1. The molecule has 2 amide bonds. The van der Waals surface area contributed by atoms with Crippen LogP contribution < -0.4 is 19.5 Å². The van der Waals surface area contributed by atoms with E-state index in [0.29, 0.717) is 49.8 Å². The second-order valence-corrected chi connectivity index (χ2v) is 14.8. The van der Waals surface area contributed by atoms with Gasteiger partial charge in [-0.3, -0.25) is 29.1 Å². The molecule has 276 valence electrons. The van der Waals surface area contributed by atoms with E-state index in [4.69, 9.17) is 32.7 Å². The maximum atomic E-state index is 13.8. The van der Waals surface area contributed by atoms with Crippen LogP contribution in [0.2, 0.25) is 10.0 Å². The molecule has 16 heteroatoms. The number of rotatable bonds is 13. The highest BCUT2D eigenvalue weighted by molar-refractivity contribution is 7.90. The minimum absolute atomic E-state index is 0.0941. The number of nitrogens with one attached hydrogen (secondary N) is 2. The second-order valence-electron chi connectivity index (χ2n) is 12.2. The first kappa shape index (κ1) is 38.8. The Morgan fingerprint density at radius 3 is 2.21 bits per heavy atom. The Kier molecular flexibility index (Phi) is 11.8. The van der Waals surface area contributed by atoms with Crippen molar-refractivity contribution in [3.05, 3.63) is 127 Å². The first-order chi connectivity index (χ1) is 25.1. The number of benzene rings is 4. The number of hydrogen-bond donors (Lipinski definition) is 2. The standard InChI is InChI=1S/C37H34Cl2N4O9S/c1-21(2)52-26-11-5-23(6-12-26)17-32(36(45)41-53(49,50)28-14-15-31(39)34(19-28)43(47)48)40-35(44)20-29-22(3)42(33-16-13-27(51-4)18-30(29)33)37(46)24-7-9-25(38)10-8-24/h5-16,18-19,21,32H,17,20H2,1-4H3,(H,40,44)(H,41,45)/t32-/m0/s1. The monoisotopic (exact) mass is 780 g/mol. The highest BCUT2D eigenvalue weighted by atomic mass is 35.5. The quantitative estimate of drug-likeness (QED) is 0.101. The van der Waals surface area contributed by atoms with Crippen molar-refractivity contribution in [1.29, 1.82) is 0 Å². The third-order valence-corrected chi connectivity index (χ3v) is 10.1. The van der Waals surface area contributed by atoms with E-state index < -0.39 is 43.4 Å².